The number of aliphatic hydroxyl groups excluding tert-OH is 2. The summed E-state index contributed by atoms with van der Waals surface area (Å²) in [6.07, 6.45) is 3.38. The Bertz CT molecular complexity index is 1780. The second kappa shape index (κ2) is 14.8. The molecule has 0 radical (unpaired) electrons. The molecule has 3 atom stereocenters. The summed E-state index contributed by atoms with van der Waals surface area (Å²) in [6, 6.07) is 11.2. The van der Waals surface area contributed by atoms with E-state index in [1.165, 1.54) is 4.90 Å². The summed E-state index contributed by atoms with van der Waals surface area (Å²) in [5.74, 6) is -1.06. The Morgan fingerprint density at radius 3 is 2.78 bits per heavy atom. The van der Waals surface area contributed by atoms with Crippen LogP contribution in [0.3, 0.4) is 0 Å². The minimum absolute atomic E-state index is 0.0140. The third kappa shape index (κ3) is 7.17. The molecule has 3 aliphatic rings. The van der Waals surface area contributed by atoms with Crippen LogP contribution in [-0.2, 0) is 17.8 Å². The number of aliphatic hydroxyl groups is 2. The molecule has 2 fully saturated rings. The molecule has 2 unspecified atom stereocenters. The number of rotatable bonds is 11. The number of aromatic hydroxyl groups is 1. The SMILES string of the molecule is C=Cc1cccc2cc(O)cc(N3CCc4c(nc(OCC5CCCN5CC(O)CO)nc4N4CCN(C(=O)C(=C)F)[C@@H](CC#N)C4)C3)c12. The summed E-state index contributed by atoms with van der Waals surface area (Å²) in [7, 11) is 0. The number of hydrogen-bond acceptors (Lipinski definition) is 11. The molecule has 3 aliphatic heterocycles. The van der Waals surface area contributed by atoms with Gasteiger partial charge in [0.25, 0.3) is 5.91 Å². The summed E-state index contributed by atoms with van der Waals surface area (Å²) < 4.78 is 20.2. The number of ether oxygens (including phenoxy) is 1. The van der Waals surface area contributed by atoms with E-state index in [-0.39, 0.29) is 50.5 Å². The molecule has 0 aliphatic carbocycles. The van der Waals surface area contributed by atoms with Gasteiger partial charge in [0.15, 0.2) is 5.83 Å². The zero-order chi connectivity index (χ0) is 34.7. The molecule has 6 rings (SSSR count). The van der Waals surface area contributed by atoms with Crippen LogP contribution in [-0.4, -0.2) is 112 Å². The maximum atomic E-state index is 13.9. The maximum Gasteiger partial charge on any atom is 0.318 e. The van der Waals surface area contributed by atoms with E-state index in [4.69, 9.17) is 14.7 Å². The molecular weight excluding hydrogens is 629 g/mol. The first-order chi connectivity index (χ1) is 23.7. The van der Waals surface area contributed by atoms with Crippen LogP contribution in [0, 0.1) is 11.3 Å². The molecule has 4 heterocycles. The maximum absolute atomic E-state index is 13.9. The number of aromatic nitrogens is 2. The Morgan fingerprint density at radius 2 is 2.02 bits per heavy atom. The van der Waals surface area contributed by atoms with E-state index in [0.717, 1.165) is 52.7 Å². The van der Waals surface area contributed by atoms with Crippen LogP contribution in [0.15, 0.2) is 49.3 Å². The number of benzene rings is 2. The van der Waals surface area contributed by atoms with Crippen molar-refractivity contribution >= 4 is 34.3 Å². The van der Waals surface area contributed by atoms with E-state index in [0.29, 0.717) is 38.4 Å². The van der Waals surface area contributed by atoms with E-state index in [1.807, 2.05) is 23.1 Å². The lowest BCUT2D eigenvalue weighted by molar-refractivity contribution is -0.131. The van der Waals surface area contributed by atoms with Crippen molar-refractivity contribution in [1.82, 2.24) is 19.8 Å². The first-order valence-electron chi connectivity index (χ1n) is 16.7. The minimum Gasteiger partial charge on any atom is -0.508 e. The number of anilines is 2. The molecule has 0 spiro atoms. The summed E-state index contributed by atoms with van der Waals surface area (Å²) >= 11 is 0. The van der Waals surface area contributed by atoms with Crippen LogP contribution in [0.5, 0.6) is 11.8 Å². The van der Waals surface area contributed by atoms with Crippen molar-refractivity contribution < 1.29 is 29.2 Å². The van der Waals surface area contributed by atoms with Crippen LogP contribution in [0.1, 0.15) is 36.1 Å². The highest BCUT2D eigenvalue weighted by Crippen LogP contribution is 2.38. The zero-order valence-electron chi connectivity index (χ0n) is 27.5. The van der Waals surface area contributed by atoms with Gasteiger partial charge in [0.1, 0.15) is 18.2 Å². The minimum atomic E-state index is -1.06. The number of nitriles is 1. The second-order valence-electron chi connectivity index (χ2n) is 12.8. The van der Waals surface area contributed by atoms with Crippen molar-refractivity contribution in [3.05, 3.63) is 66.1 Å². The Balaban J connectivity index is 1.34. The van der Waals surface area contributed by atoms with E-state index in [2.05, 4.69) is 29.0 Å². The molecule has 0 bridgehead atoms. The van der Waals surface area contributed by atoms with Gasteiger partial charge in [0.05, 0.1) is 43.5 Å². The van der Waals surface area contributed by atoms with Gasteiger partial charge in [-0.05, 0) is 42.8 Å². The van der Waals surface area contributed by atoms with E-state index >= 15 is 0 Å². The fraction of sp³-hybridized carbons (Fsp3) is 0.444. The number of phenols is 1. The number of carbonyl (C=O) groups is 1. The smallest absolute Gasteiger partial charge is 0.318 e. The molecule has 2 aromatic carbocycles. The Labute approximate surface area is 284 Å². The van der Waals surface area contributed by atoms with Crippen molar-refractivity contribution in [3.63, 3.8) is 0 Å². The summed E-state index contributed by atoms with van der Waals surface area (Å²) in [5.41, 5.74) is 3.49. The van der Waals surface area contributed by atoms with Gasteiger partial charge in [-0.1, -0.05) is 37.4 Å². The predicted molar refractivity (Wildman–Crippen MR) is 184 cm³/mol. The number of nitrogens with zero attached hydrogens (tertiary/aromatic N) is 7. The lowest BCUT2D eigenvalue weighted by Crippen LogP contribution is -2.55. The first kappa shape index (κ1) is 34.1. The molecular formula is C36H42FN7O5. The number of halogens is 1. The highest BCUT2D eigenvalue weighted by molar-refractivity contribution is 6.01. The average Bonchev–Trinajstić information content (AvgIpc) is 3.55. The monoisotopic (exact) mass is 671 g/mol. The zero-order valence-corrected chi connectivity index (χ0v) is 27.5. The van der Waals surface area contributed by atoms with Gasteiger partial charge in [-0.3, -0.25) is 9.69 Å². The van der Waals surface area contributed by atoms with Crippen LogP contribution in [0.4, 0.5) is 15.9 Å². The van der Waals surface area contributed by atoms with Gasteiger partial charge in [-0.2, -0.15) is 15.2 Å². The van der Waals surface area contributed by atoms with Crippen molar-refractivity contribution in [3.8, 4) is 17.8 Å². The lowest BCUT2D eigenvalue weighted by Gasteiger charge is -2.42. The number of amides is 1. The number of piperazine rings is 1. The van der Waals surface area contributed by atoms with Gasteiger partial charge in [-0.15, -0.1) is 0 Å². The van der Waals surface area contributed by atoms with Crippen molar-refractivity contribution in [1.29, 1.82) is 5.26 Å². The Morgan fingerprint density at radius 1 is 1.18 bits per heavy atom. The molecule has 13 heteroatoms. The number of β-amino-alcohol motifs (C(OH)–C–C–N with tert-alkyl or cyclic N) is 1. The fourth-order valence-electron chi connectivity index (χ4n) is 7.33. The molecule has 1 aromatic heterocycles. The van der Waals surface area contributed by atoms with Crippen LogP contribution >= 0.6 is 0 Å². The van der Waals surface area contributed by atoms with E-state index in [9.17, 15) is 29.8 Å². The lowest BCUT2D eigenvalue weighted by atomic mass is 9.98. The molecule has 49 heavy (non-hydrogen) atoms. The Kier molecular flexibility index (Phi) is 10.3. The van der Waals surface area contributed by atoms with Crippen LogP contribution in [0.2, 0.25) is 0 Å². The van der Waals surface area contributed by atoms with Crippen LogP contribution < -0.4 is 14.5 Å². The third-order valence-electron chi connectivity index (χ3n) is 9.72. The molecule has 1 amide bonds. The summed E-state index contributed by atoms with van der Waals surface area (Å²) in [6.45, 7) is 10.1. The largest absolute Gasteiger partial charge is 0.508 e. The highest BCUT2D eigenvalue weighted by Gasteiger charge is 2.35. The summed E-state index contributed by atoms with van der Waals surface area (Å²) in [4.78, 5) is 30.1. The van der Waals surface area contributed by atoms with Gasteiger partial charge in [-0.25, -0.2) is 4.39 Å². The van der Waals surface area contributed by atoms with Crippen molar-refractivity contribution in [2.75, 3.05) is 62.3 Å². The molecule has 12 nitrogen and oxygen atoms in total. The van der Waals surface area contributed by atoms with Crippen LogP contribution in [0.25, 0.3) is 16.8 Å². The number of phenolic OH excluding ortho intramolecular Hbond substituents is 1. The highest BCUT2D eigenvalue weighted by atomic mass is 19.1. The summed E-state index contributed by atoms with van der Waals surface area (Å²) in [5, 5.41) is 41.5. The molecule has 0 saturated carbocycles. The quantitative estimate of drug-likeness (QED) is 0.258. The van der Waals surface area contributed by atoms with Crippen molar-refractivity contribution in [2.45, 2.75) is 50.4 Å². The number of fused-ring (bicyclic) bond motifs is 2. The fourth-order valence-corrected chi connectivity index (χ4v) is 7.33. The van der Waals surface area contributed by atoms with Crippen molar-refractivity contribution in [2.24, 2.45) is 0 Å². The standard InChI is InChI=1S/C36H42FN7O5/c1-3-24-6-4-7-25-16-28(46)17-32(33(24)25)42-13-10-30-31(20-42)39-36(49-22-27-8-5-12-41(27)19-29(47)21-45)40-34(30)43-14-15-44(35(48)23(2)37)26(18-43)9-11-38/h3-4,6-7,16-17,26-27,29,45-47H,1-2,5,8-10,12-15,18-22H2/t26-,27?,29?/m0/s1. The number of likely N-dealkylation sites (tertiary alicyclic amines) is 1. The van der Waals surface area contributed by atoms with Gasteiger partial charge in [0, 0.05) is 61.5 Å². The Hall–Kier alpha value is -4.77. The third-order valence-corrected chi connectivity index (χ3v) is 9.72. The molecule has 2 saturated heterocycles. The van der Waals surface area contributed by atoms with E-state index < -0.39 is 23.9 Å². The topological polar surface area (TPSA) is 150 Å². The number of hydrogen-bond donors (Lipinski definition) is 3. The van der Waals surface area contributed by atoms with Gasteiger partial charge >= 0.3 is 6.01 Å². The van der Waals surface area contributed by atoms with Gasteiger partial charge in [0.2, 0.25) is 0 Å². The van der Waals surface area contributed by atoms with E-state index in [1.54, 1.807) is 18.2 Å². The molecule has 3 aromatic rings. The predicted octanol–water partition coefficient (Wildman–Crippen LogP) is 3.15. The first-order valence-corrected chi connectivity index (χ1v) is 16.7. The number of carbonyl (C=O) groups excluding carboxylic acids is 1. The second-order valence-corrected chi connectivity index (χ2v) is 12.8. The average molecular weight is 672 g/mol. The van der Waals surface area contributed by atoms with Gasteiger partial charge < -0.3 is 34.8 Å². The molecule has 258 valence electrons. The molecule has 3 N–H and O–H groups in total. The normalized spacial score (nSPS) is 20.2.